The summed E-state index contributed by atoms with van der Waals surface area (Å²) in [6, 6.07) is 9.90. The van der Waals surface area contributed by atoms with E-state index in [4.69, 9.17) is 4.42 Å². The topological polar surface area (TPSA) is 91.7 Å². The van der Waals surface area contributed by atoms with Gasteiger partial charge in [0.05, 0.1) is 17.2 Å². The number of carbonyl (C=O) groups is 1. The number of furan rings is 1. The average Bonchev–Trinajstić information content (AvgIpc) is 3.20. The largest absolute Gasteiger partial charge is 0.469 e. The predicted molar refractivity (Wildman–Crippen MR) is 113 cm³/mol. The Hall–Kier alpha value is -2.32. The molecule has 0 fully saturated rings. The number of nitrogens with one attached hydrogen (secondary N) is 2. The third-order valence-electron chi connectivity index (χ3n) is 4.85. The van der Waals surface area contributed by atoms with Crippen molar-refractivity contribution >= 4 is 16.1 Å². The van der Waals surface area contributed by atoms with Gasteiger partial charge in [0.2, 0.25) is 10.0 Å². The minimum Gasteiger partial charge on any atom is -0.469 e. The van der Waals surface area contributed by atoms with E-state index in [9.17, 15) is 13.2 Å². The fourth-order valence-electron chi connectivity index (χ4n) is 3.07. The first-order valence-electron chi connectivity index (χ1n) is 9.97. The Morgan fingerprint density at radius 1 is 1.07 bits per heavy atom. The highest BCUT2D eigenvalue weighted by Gasteiger charge is 2.21. The van der Waals surface area contributed by atoms with Crippen LogP contribution in [0.4, 0.5) is 4.79 Å². The number of rotatable bonds is 10. The van der Waals surface area contributed by atoms with Crippen LogP contribution >= 0.6 is 0 Å². The molecule has 8 heteroatoms. The minimum atomic E-state index is -3.48. The molecule has 0 aliphatic carbocycles. The van der Waals surface area contributed by atoms with Gasteiger partial charge in [-0.05, 0) is 50.1 Å². The summed E-state index contributed by atoms with van der Waals surface area (Å²) in [6.45, 7) is 8.29. The average molecular weight is 422 g/mol. The molecule has 160 valence electrons. The van der Waals surface area contributed by atoms with Crippen LogP contribution in [0.2, 0.25) is 0 Å². The number of benzene rings is 1. The summed E-state index contributed by atoms with van der Waals surface area (Å²) in [6.07, 6.45) is 3.17. The van der Waals surface area contributed by atoms with Crippen molar-refractivity contribution in [3.05, 3.63) is 54.0 Å². The normalized spacial score (nSPS) is 13.8. The van der Waals surface area contributed by atoms with Gasteiger partial charge in [-0.25, -0.2) is 13.2 Å². The van der Waals surface area contributed by atoms with Gasteiger partial charge in [0, 0.05) is 25.6 Å². The Morgan fingerprint density at radius 3 is 2.28 bits per heavy atom. The van der Waals surface area contributed by atoms with Crippen LogP contribution in [0.5, 0.6) is 0 Å². The molecular formula is C21H31N3O4S. The van der Waals surface area contributed by atoms with E-state index in [2.05, 4.69) is 10.6 Å². The third-order valence-corrected chi connectivity index (χ3v) is 6.92. The first-order valence-corrected chi connectivity index (χ1v) is 11.4. The zero-order valence-electron chi connectivity index (χ0n) is 17.5. The molecule has 2 amide bonds. The van der Waals surface area contributed by atoms with E-state index in [1.54, 1.807) is 30.5 Å². The summed E-state index contributed by atoms with van der Waals surface area (Å²) in [5.74, 6) is 0.896. The van der Waals surface area contributed by atoms with Crippen molar-refractivity contribution in [2.45, 2.75) is 57.5 Å². The highest BCUT2D eigenvalue weighted by atomic mass is 32.2. The second kappa shape index (κ2) is 10.5. The number of urea groups is 1. The zero-order chi connectivity index (χ0) is 21.4. The highest BCUT2D eigenvalue weighted by molar-refractivity contribution is 7.89. The molecule has 2 unspecified atom stereocenters. The van der Waals surface area contributed by atoms with E-state index in [0.717, 1.165) is 24.2 Å². The van der Waals surface area contributed by atoms with Gasteiger partial charge >= 0.3 is 6.03 Å². The maximum Gasteiger partial charge on any atom is 0.315 e. The first kappa shape index (κ1) is 23.0. The standard InChI is InChI=1S/C21H31N3O4S/c1-5-24(6-2)29(26,27)20-13-10-18(11-14-20)17(4)23-21(25)22-16(3)9-12-19-8-7-15-28-19/h7-8,10-11,13-17H,5-6,9,12H2,1-4H3,(H2,22,23,25). The van der Waals surface area contributed by atoms with Crippen molar-refractivity contribution in [1.29, 1.82) is 0 Å². The fraction of sp³-hybridized carbons (Fsp3) is 0.476. The van der Waals surface area contributed by atoms with Crippen LogP contribution in [-0.4, -0.2) is 37.9 Å². The lowest BCUT2D eigenvalue weighted by molar-refractivity contribution is 0.234. The molecule has 1 aromatic carbocycles. The van der Waals surface area contributed by atoms with E-state index in [1.807, 2.05) is 39.8 Å². The lowest BCUT2D eigenvalue weighted by Crippen LogP contribution is -2.41. The lowest BCUT2D eigenvalue weighted by Gasteiger charge is -2.20. The SMILES string of the molecule is CCN(CC)S(=O)(=O)c1ccc(C(C)NC(=O)NC(C)CCc2ccco2)cc1. The molecule has 0 saturated carbocycles. The Labute approximate surface area is 173 Å². The summed E-state index contributed by atoms with van der Waals surface area (Å²) in [4.78, 5) is 12.5. The Bertz CT molecular complexity index is 860. The maximum absolute atomic E-state index is 12.6. The summed E-state index contributed by atoms with van der Waals surface area (Å²) in [5.41, 5.74) is 0.835. The molecule has 0 spiro atoms. The van der Waals surface area contributed by atoms with Crippen molar-refractivity contribution in [1.82, 2.24) is 14.9 Å². The van der Waals surface area contributed by atoms with Crippen molar-refractivity contribution in [3.63, 3.8) is 0 Å². The van der Waals surface area contributed by atoms with Crippen LogP contribution in [0, 0.1) is 0 Å². The Balaban J connectivity index is 1.89. The Kier molecular flexibility index (Phi) is 8.28. The highest BCUT2D eigenvalue weighted by Crippen LogP contribution is 2.19. The quantitative estimate of drug-likeness (QED) is 0.612. The number of nitrogens with zero attached hydrogens (tertiary/aromatic N) is 1. The lowest BCUT2D eigenvalue weighted by atomic mass is 10.1. The number of aryl methyl sites for hydroxylation is 1. The summed E-state index contributed by atoms with van der Waals surface area (Å²) in [5, 5.41) is 5.80. The molecule has 0 saturated heterocycles. The van der Waals surface area contributed by atoms with Gasteiger partial charge in [-0.15, -0.1) is 0 Å². The monoisotopic (exact) mass is 421 g/mol. The van der Waals surface area contributed by atoms with Crippen LogP contribution in [0.15, 0.2) is 52.0 Å². The van der Waals surface area contributed by atoms with E-state index in [1.165, 1.54) is 4.31 Å². The van der Waals surface area contributed by atoms with Crippen LogP contribution < -0.4 is 10.6 Å². The van der Waals surface area contributed by atoms with Gasteiger partial charge in [-0.1, -0.05) is 26.0 Å². The summed E-state index contributed by atoms with van der Waals surface area (Å²) < 4.78 is 31.8. The number of hydrogen-bond acceptors (Lipinski definition) is 4. The van der Waals surface area contributed by atoms with Crippen LogP contribution in [0.25, 0.3) is 0 Å². The van der Waals surface area contributed by atoms with Gasteiger partial charge < -0.3 is 15.1 Å². The number of sulfonamides is 1. The van der Waals surface area contributed by atoms with Crippen molar-refractivity contribution in [3.8, 4) is 0 Å². The van der Waals surface area contributed by atoms with Crippen LogP contribution in [0.3, 0.4) is 0 Å². The molecule has 2 atom stereocenters. The van der Waals surface area contributed by atoms with Crippen molar-refractivity contribution in [2.75, 3.05) is 13.1 Å². The second-order valence-electron chi connectivity index (χ2n) is 7.02. The molecule has 1 heterocycles. The molecule has 2 rings (SSSR count). The van der Waals surface area contributed by atoms with Gasteiger partial charge in [0.1, 0.15) is 5.76 Å². The van der Waals surface area contributed by atoms with Crippen molar-refractivity contribution < 1.29 is 17.6 Å². The minimum absolute atomic E-state index is 0.00566. The molecule has 0 aliphatic heterocycles. The Morgan fingerprint density at radius 2 is 1.72 bits per heavy atom. The number of carbonyl (C=O) groups excluding carboxylic acids is 1. The number of hydrogen-bond donors (Lipinski definition) is 2. The number of amides is 2. The zero-order valence-corrected chi connectivity index (χ0v) is 18.3. The van der Waals surface area contributed by atoms with Crippen molar-refractivity contribution in [2.24, 2.45) is 0 Å². The molecule has 1 aromatic heterocycles. The van der Waals surface area contributed by atoms with Crippen LogP contribution in [-0.2, 0) is 16.4 Å². The molecular weight excluding hydrogens is 390 g/mol. The molecule has 2 N–H and O–H groups in total. The smallest absolute Gasteiger partial charge is 0.315 e. The van der Waals surface area contributed by atoms with Crippen LogP contribution in [0.1, 0.15) is 51.5 Å². The predicted octanol–water partition coefficient (Wildman–Crippen LogP) is 3.69. The van der Waals surface area contributed by atoms with Gasteiger partial charge in [0.15, 0.2) is 0 Å². The van der Waals surface area contributed by atoms with E-state index in [-0.39, 0.29) is 23.0 Å². The van der Waals surface area contributed by atoms with Gasteiger partial charge in [0.25, 0.3) is 0 Å². The molecule has 29 heavy (non-hydrogen) atoms. The van der Waals surface area contributed by atoms with E-state index < -0.39 is 10.0 Å². The molecule has 0 radical (unpaired) electrons. The fourth-order valence-corrected chi connectivity index (χ4v) is 4.53. The second-order valence-corrected chi connectivity index (χ2v) is 8.95. The van der Waals surface area contributed by atoms with E-state index >= 15 is 0 Å². The van der Waals surface area contributed by atoms with Gasteiger partial charge in [-0.3, -0.25) is 0 Å². The van der Waals surface area contributed by atoms with Gasteiger partial charge in [-0.2, -0.15) is 4.31 Å². The molecule has 0 aliphatic rings. The summed E-state index contributed by atoms with van der Waals surface area (Å²) >= 11 is 0. The van der Waals surface area contributed by atoms with E-state index in [0.29, 0.717) is 13.1 Å². The first-order chi connectivity index (χ1) is 13.8. The maximum atomic E-state index is 12.6. The molecule has 0 bridgehead atoms. The summed E-state index contributed by atoms with van der Waals surface area (Å²) in [7, 11) is -3.48. The molecule has 7 nitrogen and oxygen atoms in total. The molecule has 2 aromatic rings. The third kappa shape index (κ3) is 6.33.